The molecule has 2 N–H and O–H groups in total. The van der Waals surface area contributed by atoms with Crippen LogP contribution < -0.4 is 14.8 Å². The van der Waals surface area contributed by atoms with Gasteiger partial charge in [-0.2, -0.15) is 0 Å². The van der Waals surface area contributed by atoms with Gasteiger partial charge in [0.25, 0.3) is 5.91 Å². The molecule has 4 rings (SSSR count). The van der Waals surface area contributed by atoms with Gasteiger partial charge in [-0.05, 0) is 43.2 Å². The maximum Gasteiger partial charge on any atom is 0.265 e. The fourth-order valence-electron chi connectivity index (χ4n) is 2.97. The Balaban J connectivity index is 1.52. The number of carbonyl (C=O) groups is 1. The third kappa shape index (κ3) is 4.25. The normalized spacial score (nSPS) is 15.9. The summed E-state index contributed by atoms with van der Waals surface area (Å²) in [5, 5.41) is 4.85. The number of amides is 1. The van der Waals surface area contributed by atoms with Crippen molar-refractivity contribution in [3.63, 3.8) is 0 Å². The van der Waals surface area contributed by atoms with Crippen LogP contribution in [0.15, 0.2) is 47.8 Å². The van der Waals surface area contributed by atoms with Crippen molar-refractivity contribution in [1.29, 1.82) is 0 Å². The molecule has 0 aliphatic carbocycles. The van der Waals surface area contributed by atoms with Gasteiger partial charge in [0.15, 0.2) is 11.2 Å². The predicted octanol–water partition coefficient (Wildman–Crippen LogP) is 3.78. The Labute approximate surface area is 172 Å². The molecule has 1 atom stereocenters. The van der Waals surface area contributed by atoms with Crippen LogP contribution in [-0.4, -0.2) is 25.4 Å². The van der Waals surface area contributed by atoms with E-state index in [1.165, 1.54) is 11.3 Å². The van der Waals surface area contributed by atoms with Gasteiger partial charge in [0.05, 0.1) is 17.1 Å². The number of aromatic nitrogens is 1. The van der Waals surface area contributed by atoms with Crippen LogP contribution >= 0.6 is 11.3 Å². The van der Waals surface area contributed by atoms with E-state index in [1.54, 1.807) is 30.5 Å². The van der Waals surface area contributed by atoms with Gasteiger partial charge in [0.1, 0.15) is 5.75 Å². The molecule has 1 aliphatic heterocycles. The van der Waals surface area contributed by atoms with E-state index in [2.05, 4.69) is 15.0 Å². The van der Waals surface area contributed by atoms with E-state index in [-0.39, 0.29) is 11.7 Å². The largest absolute Gasteiger partial charge is 0.479 e. The van der Waals surface area contributed by atoms with Crippen LogP contribution in [0.25, 0.3) is 11.3 Å². The lowest BCUT2D eigenvalue weighted by Crippen LogP contribution is -2.34. The molecule has 0 fully saturated rings. The average Bonchev–Trinajstić information content (AvgIpc) is 3.12. The Morgan fingerprint density at radius 2 is 2.03 bits per heavy atom. The predicted molar refractivity (Wildman–Crippen MR) is 114 cm³/mol. The Hall–Kier alpha value is -2.91. The summed E-state index contributed by atoms with van der Waals surface area (Å²) in [7, 11) is -3.59. The van der Waals surface area contributed by atoms with Crippen LogP contribution in [-0.2, 0) is 20.6 Å². The van der Waals surface area contributed by atoms with E-state index in [0.717, 1.165) is 16.7 Å². The molecule has 1 amide bonds. The van der Waals surface area contributed by atoms with Gasteiger partial charge in [-0.3, -0.25) is 9.52 Å². The van der Waals surface area contributed by atoms with Crippen LogP contribution in [0.1, 0.15) is 18.1 Å². The second-order valence-electron chi connectivity index (χ2n) is 6.79. The minimum atomic E-state index is -3.59. The molecule has 7 nitrogen and oxygen atoms in total. The van der Waals surface area contributed by atoms with Crippen LogP contribution in [0.4, 0.5) is 10.8 Å². The van der Waals surface area contributed by atoms with Gasteiger partial charge >= 0.3 is 0 Å². The summed E-state index contributed by atoms with van der Waals surface area (Å²) in [4.78, 5) is 16.2. The third-order valence-electron chi connectivity index (χ3n) is 4.56. The highest BCUT2D eigenvalue weighted by atomic mass is 32.2. The average molecular weight is 430 g/mol. The summed E-state index contributed by atoms with van der Waals surface area (Å²) >= 11 is 1.20. The second kappa shape index (κ2) is 7.49. The molecule has 0 radical (unpaired) electrons. The van der Waals surface area contributed by atoms with Crippen molar-refractivity contribution in [3.8, 4) is 17.0 Å². The molecule has 1 aromatic heterocycles. The molecule has 9 heteroatoms. The summed E-state index contributed by atoms with van der Waals surface area (Å²) in [5.41, 5.74) is 3.60. The molecule has 0 spiro atoms. The Morgan fingerprint density at radius 3 is 2.83 bits per heavy atom. The topological polar surface area (TPSA) is 97.4 Å². The van der Waals surface area contributed by atoms with Gasteiger partial charge in [0, 0.05) is 10.9 Å². The zero-order chi connectivity index (χ0) is 20.6. The number of benzene rings is 2. The lowest BCUT2D eigenvalue weighted by atomic mass is 10.1. The zero-order valence-electron chi connectivity index (χ0n) is 15.8. The van der Waals surface area contributed by atoms with Gasteiger partial charge < -0.3 is 10.1 Å². The molecule has 1 aliphatic rings. The fourth-order valence-corrected chi connectivity index (χ4v) is 5.22. The lowest BCUT2D eigenvalue weighted by molar-refractivity contribution is -0.122. The lowest BCUT2D eigenvalue weighted by Gasteiger charge is -2.23. The maximum absolute atomic E-state index is 12.5. The minimum Gasteiger partial charge on any atom is -0.479 e. The van der Waals surface area contributed by atoms with Gasteiger partial charge in [-0.1, -0.05) is 24.3 Å². The molecular formula is C20H19N3O4S2. The molecule has 2 heterocycles. The van der Waals surface area contributed by atoms with Crippen LogP contribution in [0, 0.1) is 6.92 Å². The first-order chi connectivity index (χ1) is 13.8. The second-order valence-corrected chi connectivity index (χ2v) is 9.37. The molecule has 29 heavy (non-hydrogen) atoms. The monoisotopic (exact) mass is 429 g/mol. The quantitative estimate of drug-likeness (QED) is 0.643. The molecule has 1 unspecified atom stereocenters. The van der Waals surface area contributed by atoms with E-state index >= 15 is 0 Å². The van der Waals surface area contributed by atoms with E-state index in [9.17, 15) is 13.2 Å². The number of rotatable bonds is 5. The van der Waals surface area contributed by atoms with Crippen molar-refractivity contribution in [2.45, 2.75) is 25.7 Å². The number of nitrogens with zero attached hydrogens (tertiary/aromatic N) is 1. The first-order valence-electron chi connectivity index (χ1n) is 8.93. The van der Waals surface area contributed by atoms with Crippen molar-refractivity contribution >= 4 is 38.1 Å². The Kier molecular flexibility index (Phi) is 5.01. The highest BCUT2D eigenvalue weighted by Gasteiger charge is 2.24. The number of aryl methyl sites for hydroxylation is 1. The highest BCUT2D eigenvalue weighted by Crippen LogP contribution is 2.35. The van der Waals surface area contributed by atoms with Crippen molar-refractivity contribution in [2.75, 3.05) is 10.0 Å². The molecule has 150 valence electrons. The van der Waals surface area contributed by atoms with E-state index in [4.69, 9.17) is 4.74 Å². The number of carbonyl (C=O) groups excluding carboxylic acids is 1. The highest BCUT2D eigenvalue weighted by molar-refractivity contribution is 7.92. The third-order valence-corrected chi connectivity index (χ3v) is 6.64. The molecule has 2 aromatic carbocycles. The van der Waals surface area contributed by atoms with Crippen molar-refractivity contribution in [3.05, 3.63) is 59.0 Å². The Bertz CT molecular complexity index is 1190. The molecule has 3 aromatic rings. The number of sulfonamides is 1. The van der Waals surface area contributed by atoms with E-state index < -0.39 is 16.1 Å². The first-order valence-corrected chi connectivity index (χ1v) is 11.5. The number of anilines is 2. The van der Waals surface area contributed by atoms with Crippen LogP contribution in [0.5, 0.6) is 5.75 Å². The zero-order valence-corrected chi connectivity index (χ0v) is 17.4. The van der Waals surface area contributed by atoms with Crippen LogP contribution in [0.3, 0.4) is 0 Å². The van der Waals surface area contributed by atoms with Gasteiger partial charge in [-0.15, -0.1) is 11.3 Å². The fraction of sp³-hybridized carbons (Fsp3) is 0.200. The minimum absolute atomic E-state index is 0.116. The Morgan fingerprint density at radius 1 is 1.24 bits per heavy atom. The molecular weight excluding hydrogens is 410 g/mol. The summed E-state index contributed by atoms with van der Waals surface area (Å²) in [6, 6.07) is 12.7. The van der Waals surface area contributed by atoms with Crippen LogP contribution in [0.2, 0.25) is 0 Å². The van der Waals surface area contributed by atoms with Crippen molar-refractivity contribution in [2.24, 2.45) is 0 Å². The number of nitrogens with one attached hydrogen (secondary N) is 2. The standard InChI is InChI=1S/C20H19N3O4S2/c1-12-5-3-4-6-15(12)11-29(25,26)23-20-22-17(10-28-20)14-7-8-18-16(9-14)21-19(24)13(2)27-18/h3-10,13H,11H2,1-2H3,(H,21,24)(H,22,23). The number of hydrogen-bond donors (Lipinski definition) is 2. The number of hydrogen-bond acceptors (Lipinski definition) is 6. The SMILES string of the molecule is Cc1ccccc1CS(=O)(=O)Nc1nc(-c2ccc3c(c2)NC(=O)C(C)O3)cs1. The van der Waals surface area contributed by atoms with Gasteiger partial charge in [0.2, 0.25) is 10.0 Å². The summed E-state index contributed by atoms with van der Waals surface area (Å²) in [6.07, 6.45) is -0.540. The number of fused-ring (bicyclic) bond motifs is 1. The maximum atomic E-state index is 12.5. The molecule has 0 saturated carbocycles. The smallest absolute Gasteiger partial charge is 0.265 e. The molecule has 0 saturated heterocycles. The number of ether oxygens (including phenoxy) is 1. The van der Waals surface area contributed by atoms with Crippen molar-refractivity contribution in [1.82, 2.24) is 4.98 Å². The number of thiazole rings is 1. The van der Waals surface area contributed by atoms with E-state index in [1.807, 2.05) is 31.2 Å². The summed E-state index contributed by atoms with van der Waals surface area (Å²) in [6.45, 7) is 3.56. The first kappa shape index (κ1) is 19.4. The summed E-state index contributed by atoms with van der Waals surface area (Å²) < 4.78 is 33.1. The van der Waals surface area contributed by atoms with Gasteiger partial charge in [-0.25, -0.2) is 13.4 Å². The summed E-state index contributed by atoms with van der Waals surface area (Å²) in [5.74, 6) is 0.266. The van der Waals surface area contributed by atoms with Crippen molar-refractivity contribution < 1.29 is 17.9 Å². The van der Waals surface area contributed by atoms with E-state index in [0.29, 0.717) is 22.3 Å². The molecule has 0 bridgehead atoms.